The van der Waals surface area contributed by atoms with Crippen LogP contribution in [0, 0.1) is 0 Å². The lowest BCUT2D eigenvalue weighted by molar-refractivity contribution is 0.0982. The molecule has 3 rings (SSSR count). The Hall–Kier alpha value is -2.15. The van der Waals surface area contributed by atoms with Crippen molar-refractivity contribution in [2.24, 2.45) is 0 Å². The molecule has 0 unspecified atom stereocenters. The second kappa shape index (κ2) is 9.17. The number of amides is 1. The normalized spacial score (nSPS) is 10.6. The number of thiophene rings is 1. The largest absolute Gasteiger partial charge is 0.491 e. The van der Waals surface area contributed by atoms with Crippen LogP contribution in [-0.2, 0) is 0 Å². The van der Waals surface area contributed by atoms with Crippen molar-refractivity contribution in [2.45, 2.75) is 19.8 Å². The van der Waals surface area contributed by atoms with Gasteiger partial charge in [-0.3, -0.25) is 10.1 Å². The molecule has 0 aliphatic carbocycles. The number of anilines is 1. The van der Waals surface area contributed by atoms with Crippen molar-refractivity contribution in [2.75, 3.05) is 11.9 Å². The predicted octanol–water partition coefficient (Wildman–Crippen LogP) is 5.86. The summed E-state index contributed by atoms with van der Waals surface area (Å²) in [5.41, 5.74) is 0.710. The first-order valence-electron chi connectivity index (χ1n) is 8.61. The highest BCUT2D eigenvalue weighted by Crippen LogP contribution is 2.35. The molecule has 0 spiro atoms. The molecular weight excluding hydrogens is 400 g/mol. The number of carbonyl (C=O) groups excluding carboxylic acids is 1. The van der Waals surface area contributed by atoms with E-state index in [9.17, 15) is 4.79 Å². The predicted molar refractivity (Wildman–Crippen MR) is 117 cm³/mol. The van der Waals surface area contributed by atoms with Crippen LogP contribution in [0.3, 0.4) is 0 Å². The van der Waals surface area contributed by atoms with Crippen molar-refractivity contribution in [3.63, 3.8) is 0 Å². The molecule has 27 heavy (non-hydrogen) atoms. The van der Waals surface area contributed by atoms with E-state index in [1.54, 1.807) is 0 Å². The second-order valence-corrected chi connectivity index (χ2v) is 7.69. The molecule has 0 fully saturated rings. The van der Waals surface area contributed by atoms with Crippen LogP contribution in [0.4, 0.5) is 5.69 Å². The van der Waals surface area contributed by atoms with E-state index in [-0.39, 0.29) is 11.0 Å². The van der Waals surface area contributed by atoms with Crippen molar-refractivity contribution in [1.29, 1.82) is 0 Å². The lowest BCUT2D eigenvalue weighted by Crippen LogP contribution is -2.33. The van der Waals surface area contributed by atoms with Crippen LogP contribution in [-0.4, -0.2) is 17.6 Å². The number of benzene rings is 2. The summed E-state index contributed by atoms with van der Waals surface area (Å²) in [6, 6.07) is 15.1. The first kappa shape index (κ1) is 19.6. The third-order valence-corrected chi connectivity index (χ3v) is 5.74. The Bertz CT molecular complexity index is 972. The minimum Gasteiger partial charge on any atom is -0.491 e. The maximum atomic E-state index is 12.6. The van der Waals surface area contributed by atoms with Gasteiger partial charge in [0.05, 0.1) is 17.3 Å². The summed E-state index contributed by atoms with van der Waals surface area (Å²) in [6.07, 6.45) is 2.03. The standard InChI is InChI=1S/C20H19ClN2O2S2/c1-2-3-12-25-15-10-6-5-9-14(15)22-20(26)23-19(24)18-17(21)13-8-4-7-11-16(13)27-18/h4-11H,2-3,12H2,1H3,(H2,22,23,24,26). The van der Waals surface area contributed by atoms with Crippen LogP contribution in [0.1, 0.15) is 29.4 Å². The molecule has 4 nitrogen and oxygen atoms in total. The number of halogens is 1. The molecule has 0 atom stereocenters. The van der Waals surface area contributed by atoms with E-state index in [2.05, 4.69) is 17.6 Å². The van der Waals surface area contributed by atoms with Gasteiger partial charge in [0.15, 0.2) is 5.11 Å². The summed E-state index contributed by atoms with van der Waals surface area (Å²) in [5, 5.41) is 7.22. The number of nitrogens with one attached hydrogen (secondary N) is 2. The van der Waals surface area contributed by atoms with Gasteiger partial charge in [0.25, 0.3) is 5.91 Å². The number of unbranched alkanes of at least 4 members (excludes halogenated alkanes) is 1. The average molecular weight is 419 g/mol. The lowest BCUT2D eigenvalue weighted by Gasteiger charge is -2.14. The molecule has 7 heteroatoms. The van der Waals surface area contributed by atoms with Gasteiger partial charge >= 0.3 is 0 Å². The number of hydrogen-bond acceptors (Lipinski definition) is 4. The van der Waals surface area contributed by atoms with Crippen LogP contribution >= 0.6 is 35.2 Å². The fraction of sp³-hybridized carbons (Fsp3) is 0.200. The average Bonchev–Trinajstić information content (AvgIpc) is 3.00. The van der Waals surface area contributed by atoms with Gasteiger partial charge in [-0.25, -0.2) is 0 Å². The van der Waals surface area contributed by atoms with E-state index in [1.165, 1.54) is 11.3 Å². The Morgan fingerprint density at radius 3 is 2.70 bits per heavy atom. The second-order valence-electron chi connectivity index (χ2n) is 5.85. The van der Waals surface area contributed by atoms with Gasteiger partial charge in [0, 0.05) is 10.1 Å². The van der Waals surface area contributed by atoms with E-state index in [4.69, 9.17) is 28.6 Å². The smallest absolute Gasteiger partial charge is 0.269 e. The van der Waals surface area contributed by atoms with E-state index < -0.39 is 0 Å². The highest BCUT2D eigenvalue weighted by atomic mass is 35.5. The molecule has 3 aromatic rings. The maximum absolute atomic E-state index is 12.6. The molecule has 0 aliphatic heterocycles. The Morgan fingerprint density at radius 1 is 1.19 bits per heavy atom. The number of hydrogen-bond donors (Lipinski definition) is 2. The van der Waals surface area contributed by atoms with Crippen molar-refractivity contribution in [3.05, 3.63) is 58.4 Å². The third kappa shape index (κ3) is 4.77. The number of fused-ring (bicyclic) bond motifs is 1. The van der Waals surface area contributed by atoms with E-state index in [1.807, 2.05) is 48.5 Å². The van der Waals surface area contributed by atoms with Gasteiger partial charge in [-0.05, 0) is 36.8 Å². The minimum absolute atomic E-state index is 0.195. The quantitative estimate of drug-likeness (QED) is 0.388. The van der Waals surface area contributed by atoms with Crippen molar-refractivity contribution < 1.29 is 9.53 Å². The number of rotatable bonds is 6. The topological polar surface area (TPSA) is 50.4 Å². The third-order valence-electron chi connectivity index (χ3n) is 3.86. The zero-order chi connectivity index (χ0) is 19.2. The minimum atomic E-state index is -0.330. The summed E-state index contributed by atoms with van der Waals surface area (Å²) in [7, 11) is 0. The van der Waals surface area contributed by atoms with E-state index in [0.29, 0.717) is 27.9 Å². The molecule has 0 aliphatic rings. The lowest BCUT2D eigenvalue weighted by atomic mass is 10.2. The van der Waals surface area contributed by atoms with Crippen molar-refractivity contribution >= 4 is 61.9 Å². The van der Waals surface area contributed by atoms with Crippen LogP contribution < -0.4 is 15.4 Å². The molecule has 140 valence electrons. The molecular formula is C20H19ClN2O2S2. The van der Waals surface area contributed by atoms with Crippen LogP contribution in [0.25, 0.3) is 10.1 Å². The van der Waals surface area contributed by atoms with E-state index >= 15 is 0 Å². The van der Waals surface area contributed by atoms with Gasteiger partial charge in [-0.1, -0.05) is 55.3 Å². The fourth-order valence-electron chi connectivity index (χ4n) is 2.50. The van der Waals surface area contributed by atoms with Gasteiger partial charge in [0.2, 0.25) is 0 Å². The number of carbonyl (C=O) groups is 1. The first-order valence-corrected chi connectivity index (χ1v) is 10.2. The molecule has 0 radical (unpaired) electrons. The Labute approximate surface area is 172 Å². The summed E-state index contributed by atoms with van der Waals surface area (Å²) in [4.78, 5) is 13.0. The molecule has 2 N–H and O–H groups in total. The zero-order valence-electron chi connectivity index (χ0n) is 14.8. The Balaban J connectivity index is 1.69. The number of para-hydroxylation sites is 2. The van der Waals surface area contributed by atoms with Gasteiger partial charge in [0.1, 0.15) is 10.6 Å². The Morgan fingerprint density at radius 2 is 1.93 bits per heavy atom. The van der Waals surface area contributed by atoms with Crippen LogP contribution in [0.5, 0.6) is 5.75 Å². The van der Waals surface area contributed by atoms with Crippen molar-refractivity contribution in [1.82, 2.24) is 5.32 Å². The maximum Gasteiger partial charge on any atom is 0.269 e. The van der Waals surface area contributed by atoms with E-state index in [0.717, 1.165) is 22.9 Å². The number of thiocarbonyl (C=S) groups is 1. The zero-order valence-corrected chi connectivity index (χ0v) is 17.1. The summed E-state index contributed by atoms with van der Waals surface area (Å²) in [6.45, 7) is 2.74. The number of ether oxygens (including phenoxy) is 1. The van der Waals surface area contributed by atoms with Gasteiger partial charge in [-0.15, -0.1) is 11.3 Å². The van der Waals surface area contributed by atoms with Gasteiger partial charge in [-0.2, -0.15) is 0 Å². The molecule has 1 amide bonds. The summed E-state index contributed by atoms with van der Waals surface area (Å²) >= 11 is 13.0. The monoisotopic (exact) mass is 418 g/mol. The SMILES string of the molecule is CCCCOc1ccccc1NC(=S)NC(=O)c1sc2ccccc2c1Cl. The molecule has 1 heterocycles. The molecule has 0 saturated carbocycles. The van der Waals surface area contributed by atoms with Gasteiger partial charge < -0.3 is 10.1 Å². The first-order chi connectivity index (χ1) is 13.1. The fourth-order valence-corrected chi connectivity index (χ4v) is 4.11. The summed E-state index contributed by atoms with van der Waals surface area (Å²) in [5.74, 6) is 0.366. The highest BCUT2D eigenvalue weighted by molar-refractivity contribution is 7.80. The van der Waals surface area contributed by atoms with Crippen molar-refractivity contribution in [3.8, 4) is 5.75 Å². The molecule has 1 aromatic heterocycles. The molecule has 0 bridgehead atoms. The summed E-state index contributed by atoms with van der Waals surface area (Å²) < 4.78 is 6.73. The molecule has 2 aromatic carbocycles. The Kier molecular flexibility index (Phi) is 6.66. The van der Waals surface area contributed by atoms with Crippen LogP contribution in [0.2, 0.25) is 5.02 Å². The molecule has 0 saturated heterocycles. The highest BCUT2D eigenvalue weighted by Gasteiger charge is 2.18. The van der Waals surface area contributed by atoms with Crippen LogP contribution in [0.15, 0.2) is 48.5 Å².